The topological polar surface area (TPSA) is 93.9 Å². The molecule has 0 aromatic heterocycles. The number of rotatable bonds is 1. The molecule has 1 rings (SSSR count). The molecule has 122 valence electrons. The van der Waals surface area contributed by atoms with Crippen LogP contribution in [0.3, 0.4) is 0 Å². The van der Waals surface area contributed by atoms with E-state index < -0.39 is 23.4 Å². The molecule has 0 aromatic carbocycles. The Balaban J connectivity index is 2.53. The standard InChI is InChI=1S/C14H27N3O4/c1-13(2,3)20-11(18)16-10-8-17(7-9(10)15)12(19)21-14(4,5)6/h9-10H,7-8,15H2,1-6H3,(H,16,18). The number of amides is 2. The Kier molecular flexibility index (Phi) is 5.09. The number of hydrogen-bond donors (Lipinski definition) is 2. The molecule has 0 radical (unpaired) electrons. The zero-order chi connectivity index (χ0) is 16.4. The number of carbonyl (C=O) groups is 2. The predicted molar refractivity (Wildman–Crippen MR) is 78.9 cm³/mol. The van der Waals surface area contributed by atoms with Gasteiger partial charge in [-0.1, -0.05) is 0 Å². The van der Waals surface area contributed by atoms with Gasteiger partial charge >= 0.3 is 12.2 Å². The van der Waals surface area contributed by atoms with Crippen LogP contribution < -0.4 is 11.1 Å². The summed E-state index contributed by atoms with van der Waals surface area (Å²) in [5, 5.41) is 2.70. The van der Waals surface area contributed by atoms with Gasteiger partial charge in [-0.05, 0) is 41.5 Å². The molecule has 1 aliphatic heterocycles. The average molecular weight is 301 g/mol. The van der Waals surface area contributed by atoms with E-state index in [4.69, 9.17) is 15.2 Å². The fourth-order valence-electron chi connectivity index (χ4n) is 1.92. The summed E-state index contributed by atoms with van der Waals surface area (Å²) in [4.78, 5) is 25.2. The van der Waals surface area contributed by atoms with Crippen LogP contribution >= 0.6 is 0 Å². The highest BCUT2D eigenvalue weighted by Gasteiger charge is 2.36. The lowest BCUT2D eigenvalue weighted by molar-refractivity contribution is 0.0281. The number of ether oxygens (including phenoxy) is 2. The van der Waals surface area contributed by atoms with Crippen LogP contribution in [0.4, 0.5) is 9.59 Å². The molecule has 0 aliphatic carbocycles. The summed E-state index contributed by atoms with van der Waals surface area (Å²) in [6.07, 6.45) is -0.958. The van der Waals surface area contributed by atoms with Gasteiger partial charge in [-0.2, -0.15) is 0 Å². The van der Waals surface area contributed by atoms with E-state index in [0.29, 0.717) is 13.1 Å². The van der Waals surface area contributed by atoms with Crippen molar-refractivity contribution < 1.29 is 19.1 Å². The van der Waals surface area contributed by atoms with Crippen molar-refractivity contribution in [3.8, 4) is 0 Å². The first-order chi connectivity index (χ1) is 9.37. The van der Waals surface area contributed by atoms with Gasteiger partial charge in [0, 0.05) is 19.1 Å². The molecule has 1 aliphatic rings. The number of likely N-dealkylation sites (tertiary alicyclic amines) is 1. The summed E-state index contributed by atoms with van der Waals surface area (Å²) in [6.45, 7) is 11.4. The number of carbonyl (C=O) groups excluding carboxylic acids is 2. The SMILES string of the molecule is CC(C)(C)OC(=O)NC1CN(C(=O)OC(C)(C)C)CC1N. The second kappa shape index (κ2) is 6.09. The van der Waals surface area contributed by atoms with E-state index in [1.807, 2.05) is 0 Å². The Hall–Kier alpha value is -1.50. The molecule has 0 saturated carbocycles. The molecule has 0 aromatic rings. The van der Waals surface area contributed by atoms with E-state index in [1.165, 1.54) is 4.90 Å². The number of hydrogen-bond acceptors (Lipinski definition) is 5. The Morgan fingerprint density at radius 1 is 1.05 bits per heavy atom. The quantitative estimate of drug-likeness (QED) is 0.764. The van der Waals surface area contributed by atoms with E-state index in [2.05, 4.69) is 5.32 Å². The first-order valence-corrected chi connectivity index (χ1v) is 7.10. The average Bonchev–Trinajstić information content (AvgIpc) is 2.54. The van der Waals surface area contributed by atoms with Crippen LogP contribution in [0.1, 0.15) is 41.5 Å². The first-order valence-electron chi connectivity index (χ1n) is 7.10. The summed E-state index contributed by atoms with van der Waals surface area (Å²) < 4.78 is 10.5. The molecule has 1 fully saturated rings. The van der Waals surface area contributed by atoms with Crippen molar-refractivity contribution in [2.45, 2.75) is 64.8 Å². The van der Waals surface area contributed by atoms with Crippen LogP contribution in [0.5, 0.6) is 0 Å². The third-order valence-corrected chi connectivity index (χ3v) is 2.72. The van der Waals surface area contributed by atoms with Gasteiger partial charge in [0.25, 0.3) is 0 Å². The van der Waals surface area contributed by atoms with Gasteiger partial charge in [-0.3, -0.25) is 0 Å². The van der Waals surface area contributed by atoms with Gasteiger partial charge in [0.1, 0.15) is 11.2 Å². The van der Waals surface area contributed by atoms with Crippen LogP contribution in [-0.2, 0) is 9.47 Å². The maximum atomic E-state index is 12.0. The lowest BCUT2D eigenvalue weighted by Gasteiger charge is -2.24. The van der Waals surface area contributed by atoms with E-state index in [1.54, 1.807) is 41.5 Å². The van der Waals surface area contributed by atoms with Gasteiger partial charge in [-0.15, -0.1) is 0 Å². The zero-order valence-electron chi connectivity index (χ0n) is 13.7. The number of nitrogens with one attached hydrogen (secondary N) is 1. The second-order valence-corrected chi connectivity index (χ2v) is 7.30. The Bertz CT molecular complexity index is 398. The number of alkyl carbamates (subject to hydrolysis) is 1. The second-order valence-electron chi connectivity index (χ2n) is 7.30. The van der Waals surface area contributed by atoms with Crippen LogP contribution in [0, 0.1) is 0 Å². The molecule has 2 unspecified atom stereocenters. The maximum Gasteiger partial charge on any atom is 0.410 e. The van der Waals surface area contributed by atoms with Crippen molar-refractivity contribution in [2.24, 2.45) is 5.73 Å². The maximum absolute atomic E-state index is 12.0. The van der Waals surface area contributed by atoms with Crippen LogP contribution in [0.2, 0.25) is 0 Å². The molecule has 7 nitrogen and oxygen atoms in total. The monoisotopic (exact) mass is 301 g/mol. The highest BCUT2D eigenvalue weighted by atomic mass is 16.6. The van der Waals surface area contributed by atoms with E-state index >= 15 is 0 Å². The lowest BCUT2D eigenvalue weighted by Crippen LogP contribution is -2.48. The van der Waals surface area contributed by atoms with Gasteiger partial charge in [0.15, 0.2) is 0 Å². The van der Waals surface area contributed by atoms with Crippen LogP contribution in [0.15, 0.2) is 0 Å². The van der Waals surface area contributed by atoms with Crippen LogP contribution in [-0.4, -0.2) is 53.5 Å². The fraction of sp³-hybridized carbons (Fsp3) is 0.857. The Labute approximate surface area is 126 Å². The van der Waals surface area contributed by atoms with Gasteiger partial charge in [-0.25, -0.2) is 9.59 Å². The predicted octanol–water partition coefficient (Wildman–Crippen LogP) is 1.46. The number of nitrogens with two attached hydrogens (primary N) is 1. The summed E-state index contributed by atoms with van der Waals surface area (Å²) in [5.74, 6) is 0. The van der Waals surface area contributed by atoms with E-state index in [9.17, 15) is 9.59 Å². The lowest BCUT2D eigenvalue weighted by atomic mass is 10.2. The van der Waals surface area contributed by atoms with Crippen molar-refractivity contribution in [2.75, 3.05) is 13.1 Å². The molecule has 21 heavy (non-hydrogen) atoms. The van der Waals surface area contributed by atoms with Gasteiger partial charge < -0.3 is 25.4 Å². The van der Waals surface area contributed by atoms with Crippen molar-refractivity contribution in [1.29, 1.82) is 0 Å². The van der Waals surface area contributed by atoms with Crippen molar-refractivity contribution >= 4 is 12.2 Å². The van der Waals surface area contributed by atoms with Crippen LogP contribution in [0.25, 0.3) is 0 Å². The molecule has 3 N–H and O–H groups in total. The minimum absolute atomic E-state index is 0.315. The Morgan fingerprint density at radius 3 is 2.05 bits per heavy atom. The molecular weight excluding hydrogens is 274 g/mol. The molecule has 0 spiro atoms. The normalized spacial score (nSPS) is 22.9. The van der Waals surface area contributed by atoms with E-state index in [0.717, 1.165) is 0 Å². The molecule has 1 saturated heterocycles. The Morgan fingerprint density at radius 2 is 1.57 bits per heavy atom. The van der Waals surface area contributed by atoms with E-state index in [-0.39, 0.29) is 12.1 Å². The third-order valence-electron chi connectivity index (χ3n) is 2.72. The molecular formula is C14H27N3O4. The molecule has 2 atom stereocenters. The summed E-state index contributed by atoms with van der Waals surface area (Å²) in [6, 6.07) is -0.683. The summed E-state index contributed by atoms with van der Waals surface area (Å²) in [7, 11) is 0. The summed E-state index contributed by atoms with van der Waals surface area (Å²) in [5.41, 5.74) is 4.83. The number of nitrogens with zero attached hydrogens (tertiary/aromatic N) is 1. The molecule has 7 heteroatoms. The third kappa shape index (κ3) is 6.20. The van der Waals surface area contributed by atoms with Crippen molar-refractivity contribution in [3.05, 3.63) is 0 Å². The highest BCUT2D eigenvalue weighted by molar-refractivity contribution is 5.70. The fourth-order valence-corrected chi connectivity index (χ4v) is 1.92. The van der Waals surface area contributed by atoms with Gasteiger partial charge in [0.2, 0.25) is 0 Å². The molecule has 2 amide bonds. The minimum atomic E-state index is -0.572. The summed E-state index contributed by atoms with van der Waals surface area (Å²) >= 11 is 0. The molecule has 1 heterocycles. The van der Waals surface area contributed by atoms with Crippen molar-refractivity contribution in [1.82, 2.24) is 10.2 Å². The zero-order valence-corrected chi connectivity index (χ0v) is 13.7. The largest absolute Gasteiger partial charge is 0.444 e. The highest BCUT2D eigenvalue weighted by Crippen LogP contribution is 2.15. The van der Waals surface area contributed by atoms with Crippen molar-refractivity contribution in [3.63, 3.8) is 0 Å². The molecule has 0 bridgehead atoms. The van der Waals surface area contributed by atoms with Gasteiger partial charge in [0.05, 0.1) is 6.04 Å². The smallest absolute Gasteiger partial charge is 0.410 e. The first kappa shape index (κ1) is 17.6. The minimum Gasteiger partial charge on any atom is -0.444 e.